The second-order valence-electron chi connectivity index (χ2n) is 4.09. The topological polar surface area (TPSA) is 51.8 Å². The molecule has 0 radical (unpaired) electrons. The highest BCUT2D eigenvalue weighted by atomic mass is 35.5. The van der Waals surface area contributed by atoms with E-state index in [0.717, 1.165) is 5.69 Å². The van der Waals surface area contributed by atoms with Crippen molar-refractivity contribution < 1.29 is 4.39 Å². The lowest BCUT2D eigenvalue weighted by molar-refractivity contribution is 0.589. The smallest absolute Gasteiger partial charge is 0.127 e. The Bertz CT molecular complexity index is 522. The van der Waals surface area contributed by atoms with Gasteiger partial charge in [-0.3, -0.25) is 9.97 Å². The first-order chi connectivity index (χ1) is 8.58. The average Bonchev–Trinajstić information content (AvgIpc) is 2.34. The van der Waals surface area contributed by atoms with Gasteiger partial charge < -0.3 is 5.73 Å². The van der Waals surface area contributed by atoms with Crippen LogP contribution in [-0.2, 0) is 6.42 Å². The number of hydrogen-bond acceptors (Lipinski definition) is 3. The molecule has 0 amide bonds. The molecular weight excluding hydrogens is 253 g/mol. The number of halogens is 2. The summed E-state index contributed by atoms with van der Waals surface area (Å²) >= 11 is 5.95. The zero-order valence-electron chi connectivity index (χ0n) is 9.90. The second-order valence-corrected chi connectivity index (χ2v) is 4.50. The van der Waals surface area contributed by atoms with Crippen molar-refractivity contribution in [3.8, 4) is 0 Å². The SMILES string of the molecule is Cc1cnc(C(N)Cc2c(F)cccc2Cl)cn1. The molecule has 0 spiro atoms. The van der Waals surface area contributed by atoms with Gasteiger partial charge in [0.15, 0.2) is 0 Å². The van der Waals surface area contributed by atoms with Crippen LogP contribution >= 0.6 is 11.6 Å². The number of hydrogen-bond donors (Lipinski definition) is 1. The molecule has 2 aromatic rings. The fourth-order valence-corrected chi connectivity index (χ4v) is 1.89. The number of nitrogens with zero attached hydrogens (tertiary/aromatic N) is 2. The minimum atomic E-state index is -0.424. The maximum absolute atomic E-state index is 13.6. The van der Waals surface area contributed by atoms with Crippen LogP contribution in [0.2, 0.25) is 5.02 Å². The highest BCUT2D eigenvalue weighted by Gasteiger charge is 2.14. The Morgan fingerprint density at radius 1 is 1.33 bits per heavy atom. The van der Waals surface area contributed by atoms with Gasteiger partial charge in [0.25, 0.3) is 0 Å². The molecule has 1 heterocycles. The normalized spacial score (nSPS) is 12.4. The minimum absolute atomic E-state index is 0.295. The summed E-state index contributed by atoms with van der Waals surface area (Å²) in [6, 6.07) is 4.16. The van der Waals surface area contributed by atoms with Gasteiger partial charge in [0.1, 0.15) is 5.82 Å². The molecule has 0 aliphatic rings. The minimum Gasteiger partial charge on any atom is -0.322 e. The Balaban J connectivity index is 2.21. The molecule has 94 valence electrons. The predicted molar refractivity (Wildman–Crippen MR) is 68.8 cm³/mol. The van der Waals surface area contributed by atoms with Crippen LogP contribution in [0.25, 0.3) is 0 Å². The Labute approximate surface area is 110 Å². The molecule has 3 nitrogen and oxygen atoms in total. The third-order valence-electron chi connectivity index (χ3n) is 2.67. The molecule has 1 atom stereocenters. The maximum atomic E-state index is 13.6. The van der Waals surface area contributed by atoms with E-state index in [2.05, 4.69) is 9.97 Å². The van der Waals surface area contributed by atoms with Crippen LogP contribution in [0, 0.1) is 12.7 Å². The summed E-state index contributed by atoms with van der Waals surface area (Å²) in [6.45, 7) is 1.84. The van der Waals surface area contributed by atoms with E-state index >= 15 is 0 Å². The van der Waals surface area contributed by atoms with Gasteiger partial charge >= 0.3 is 0 Å². The summed E-state index contributed by atoms with van der Waals surface area (Å²) < 4.78 is 13.6. The first-order valence-corrected chi connectivity index (χ1v) is 5.92. The first-order valence-electron chi connectivity index (χ1n) is 5.55. The standard InChI is InChI=1S/C13H13ClFN3/c1-8-6-18-13(7-17-8)12(16)5-9-10(14)3-2-4-11(9)15/h2-4,6-7,12H,5,16H2,1H3. The molecule has 2 rings (SSSR count). The van der Waals surface area contributed by atoms with E-state index in [0.29, 0.717) is 22.7 Å². The number of nitrogens with two attached hydrogens (primary N) is 1. The highest BCUT2D eigenvalue weighted by molar-refractivity contribution is 6.31. The Morgan fingerprint density at radius 2 is 2.11 bits per heavy atom. The van der Waals surface area contributed by atoms with Gasteiger partial charge in [-0.25, -0.2) is 4.39 Å². The van der Waals surface area contributed by atoms with Crippen LogP contribution in [0.5, 0.6) is 0 Å². The van der Waals surface area contributed by atoms with E-state index in [1.165, 1.54) is 6.07 Å². The van der Waals surface area contributed by atoms with Crippen LogP contribution in [0.4, 0.5) is 4.39 Å². The highest BCUT2D eigenvalue weighted by Crippen LogP contribution is 2.23. The zero-order valence-corrected chi connectivity index (χ0v) is 10.7. The molecular formula is C13H13ClFN3. The maximum Gasteiger partial charge on any atom is 0.127 e. The molecule has 0 saturated carbocycles. The monoisotopic (exact) mass is 265 g/mol. The third kappa shape index (κ3) is 2.83. The third-order valence-corrected chi connectivity index (χ3v) is 3.02. The number of aromatic nitrogens is 2. The summed E-state index contributed by atoms with van der Waals surface area (Å²) in [5, 5.41) is 0.380. The Morgan fingerprint density at radius 3 is 2.72 bits per heavy atom. The van der Waals surface area contributed by atoms with Crippen molar-refractivity contribution in [1.29, 1.82) is 0 Å². The average molecular weight is 266 g/mol. The molecule has 2 N–H and O–H groups in total. The van der Waals surface area contributed by atoms with Gasteiger partial charge in [0.05, 0.1) is 23.6 Å². The summed E-state index contributed by atoms with van der Waals surface area (Å²) in [6.07, 6.45) is 3.54. The van der Waals surface area contributed by atoms with Crippen molar-refractivity contribution in [2.45, 2.75) is 19.4 Å². The van der Waals surface area contributed by atoms with Crippen molar-refractivity contribution in [2.24, 2.45) is 5.73 Å². The van der Waals surface area contributed by atoms with Gasteiger partial charge in [0.2, 0.25) is 0 Å². The molecule has 5 heteroatoms. The van der Waals surface area contributed by atoms with Crippen molar-refractivity contribution in [2.75, 3.05) is 0 Å². The van der Waals surface area contributed by atoms with Crippen LogP contribution < -0.4 is 5.73 Å². The first kappa shape index (κ1) is 12.9. The van der Waals surface area contributed by atoms with E-state index in [1.54, 1.807) is 24.5 Å². The summed E-state index contributed by atoms with van der Waals surface area (Å²) in [5.74, 6) is -0.349. The molecule has 1 aromatic carbocycles. The lowest BCUT2D eigenvalue weighted by Gasteiger charge is -2.12. The lowest BCUT2D eigenvalue weighted by atomic mass is 10.0. The fraction of sp³-hybridized carbons (Fsp3) is 0.231. The summed E-state index contributed by atoms with van der Waals surface area (Å²) in [7, 11) is 0. The van der Waals surface area contributed by atoms with E-state index in [9.17, 15) is 4.39 Å². The zero-order chi connectivity index (χ0) is 13.1. The van der Waals surface area contributed by atoms with Crippen molar-refractivity contribution in [3.63, 3.8) is 0 Å². The van der Waals surface area contributed by atoms with Crippen molar-refractivity contribution >= 4 is 11.6 Å². The van der Waals surface area contributed by atoms with E-state index in [1.807, 2.05) is 6.92 Å². The molecule has 0 aliphatic heterocycles. The number of aryl methyl sites for hydroxylation is 1. The van der Waals surface area contributed by atoms with Gasteiger partial charge in [-0.05, 0) is 25.5 Å². The summed E-state index contributed by atoms with van der Waals surface area (Å²) in [4.78, 5) is 8.30. The van der Waals surface area contributed by atoms with Crippen LogP contribution in [0.3, 0.4) is 0 Å². The van der Waals surface area contributed by atoms with Gasteiger partial charge in [-0.15, -0.1) is 0 Å². The lowest BCUT2D eigenvalue weighted by Crippen LogP contribution is -2.16. The molecule has 1 unspecified atom stereocenters. The van der Waals surface area contributed by atoms with Crippen molar-refractivity contribution in [1.82, 2.24) is 9.97 Å². The van der Waals surface area contributed by atoms with E-state index in [-0.39, 0.29) is 5.82 Å². The predicted octanol–water partition coefficient (Wildman–Crippen LogP) is 2.82. The molecule has 0 aliphatic carbocycles. The quantitative estimate of drug-likeness (QED) is 0.928. The number of rotatable bonds is 3. The molecule has 0 bridgehead atoms. The largest absolute Gasteiger partial charge is 0.322 e. The van der Waals surface area contributed by atoms with Gasteiger partial charge in [-0.2, -0.15) is 0 Å². The van der Waals surface area contributed by atoms with Gasteiger partial charge in [0, 0.05) is 16.8 Å². The summed E-state index contributed by atoms with van der Waals surface area (Å²) in [5.41, 5.74) is 7.84. The Kier molecular flexibility index (Phi) is 3.89. The molecule has 0 fully saturated rings. The van der Waals surface area contributed by atoms with Gasteiger partial charge in [-0.1, -0.05) is 17.7 Å². The molecule has 1 aromatic heterocycles. The fourth-order valence-electron chi connectivity index (χ4n) is 1.65. The number of benzene rings is 1. The second kappa shape index (κ2) is 5.42. The van der Waals surface area contributed by atoms with Crippen LogP contribution in [0.1, 0.15) is 23.0 Å². The molecule has 0 saturated heterocycles. The van der Waals surface area contributed by atoms with Crippen LogP contribution in [-0.4, -0.2) is 9.97 Å². The van der Waals surface area contributed by atoms with Crippen molar-refractivity contribution in [3.05, 3.63) is 58.4 Å². The van der Waals surface area contributed by atoms with E-state index in [4.69, 9.17) is 17.3 Å². The molecule has 18 heavy (non-hydrogen) atoms. The van der Waals surface area contributed by atoms with Crippen LogP contribution in [0.15, 0.2) is 30.6 Å². The van der Waals surface area contributed by atoms with E-state index < -0.39 is 6.04 Å². The Hall–Kier alpha value is -1.52.